The monoisotopic (exact) mass is 249 g/mol. The van der Waals surface area contributed by atoms with Crippen LogP contribution in [-0.4, -0.2) is 49.5 Å². The maximum Gasteiger partial charge on any atom is 0.128 e. The van der Waals surface area contributed by atoms with Crippen LogP contribution in [0.4, 0.5) is 0 Å². The van der Waals surface area contributed by atoms with Gasteiger partial charge in [-0.25, -0.2) is 0 Å². The molecule has 1 aromatic rings. The average molecular weight is 249 g/mol. The lowest BCUT2D eigenvalue weighted by Crippen LogP contribution is -2.43. The van der Waals surface area contributed by atoms with E-state index in [-0.39, 0.29) is 6.10 Å². The Morgan fingerprint density at radius 1 is 1.39 bits per heavy atom. The number of aliphatic hydroxyl groups excluding tert-OH is 1. The lowest BCUT2D eigenvalue weighted by Gasteiger charge is -2.33. The van der Waals surface area contributed by atoms with Crippen LogP contribution in [0, 0.1) is 0 Å². The summed E-state index contributed by atoms with van der Waals surface area (Å²) in [7, 11) is 2.05. The highest BCUT2D eigenvalue weighted by molar-refractivity contribution is 5.45. The molecule has 1 N–H and O–H groups in total. The van der Waals surface area contributed by atoms with Crippen LogP contribution in [0.5, 0.6) is 5.75 Å². The van der Waals surface area contributed by atoms with Gasteiger partial charge in [-0.2, -0.15) is 0 Å². The van der Waals surface area contributed by atoms with Crippen LogP contribution < -0.4 is 4.74 Å². The summed E-state index contributed by atoms with van der Waals surface area (Å²) >= 11 is 0. The minimum Gasteiger partial charge on any atom is -0.493 e. The Balaban J connectivity index is 1.84. The van der Waals surface area contributed by atoms with Gasteiger partial charge in [0.25, 0.3) is 0 Å². The van der Waals surface area contributed by atoms with E-state index >= 15 is 0 Å². The average Bonchev–Trinajstić information content (AvgIpc) is 2.86. The zero-order valence-corrected chi connectivity index (χ0v) is 10.6. The van der Waals surface area contributed by atoms with Crippen LogP contribution in [0.25, 0.3) is 0 Å². The van der Waals surface area contributed by atoms with Crippen molar-refractivity contribution in [2.45, 2.75) is 18.6 Å². The molecule has 2 unspecified atom stereocenters. The Morgan fingerprint density at radius 3 is 3.11 bits per heavy atom. The third-order valence-corrected chi connectivity index (χ3v) is 3.71. The van der Waals surface area contributed by atoms with Gasteiger partial charge in [-0.3, -0.25) is 0 Å². The third kappa shape index (κ3) is 2.11. The summed E-state index contributed by atoms with van der Waals surface area (Å²) in [5, 5.41) is 10.5. The zero-order chi connectivity index (χ0) is 12.5. The first kappa shape index (κ1) is 12.0. The number of benzene rings is 1. The smallest absolute Gasteiger partial charge is 0.128 e. The molecule has 18 heavy (non-hydrogen) atoms. The van der Waals surface area contributed by atoms with Gasteiger partial charge in [0.15, 0.2) is 0 Å². The number of fused-ring (bicyclic) bond motifs is 1. The second-order valence-corrected chi connectivity index (χ2v) is 5.05. The highest BCUT2D eigenvalue weighted by atomic mass is 16.5. The molecule has 0 spiro atoms. The van der Waals surface area contributed by atoms with Crippen LogP contribution in [0.3, 0.4) is 0 Å². The van der Waals surface area contributed by atoms with E-state index < -0.39 is 6.10 Å². The minimum absolute atomic E-state index is 0.167. The Labute approximate surface area is 107 Å². The first-order chi connectivity index (χ1) is 8.75. The first-order valence-electron chi connectivity index (χ1n) is 6.48. The Bertz CT molecular complexity index is 435. The number of nitrogens with zero attached hydrogens (tertiary/aromatic N) is 1. The number of hydrogen-bond donors (Lipinski definition) is 1. The summed E-state index contributed by atoms with van der Waals surface area (Å²) < 4.78 is 11.3. The zero-order valence-electron chi connectivity index (χ0n) is 10.6. The van der Waals surface area contributed by atoms with Gasteiger partial charge >= 0.3 is 0 Å². The maximum atomic E-state index is 10.5. The molecule has 0 bridgehead atoms. The number of aliphatic hydroxyl groups is 1. The molecular weight excluding hydrogens is 230 g/mol. The van der Waals surface area contributed by atoms with Crippen molar-refractivity contribution in [1.82, 2.24) is 4.90 Å². The molecule has 2 aliphatic rings. The van der Waals surface area contributed by atoms with E-state index in [1.54, 1.807) is 0 Å². The van der Waals surface area contributed by atoms with Gasteiger partial charge < -0.3 is 19.5 Å². The van der Waals surface area contributed by atoms with Crippen molar-refractivity contribution in [1.29, 1.82) is 0 Å². The lowest BCUT2D eigenvalue weighted by molar-refractivity contribution is -0.0849. The van der Waals surface area contributed by atoms with E-state index in [4.69, 9.17) is 9.47 Å². The SMILES string of the molecule is CN1CCOC(C(O)c2cccc3c2OCC3)C1. The first-order valence-corrected chi connectivity index (χ1v) is 6.48. The molecule has 1 saturated heterocycles. The highest BCUT2D eigenvalue weighted by Crippen LogP contribution is 2.35. The second-order valence-electron chi connectivity index (χ2n) is 5.05. The molecule has 0 saturated carbocycles. The van der Waals surface area contributed by atoms with E-state index in [1.807, 2.05) is 19.2 Å². The fourth-order valence-electron chi connectivity index (χ4n) is 2.68. The van der Waals surface area contributed by atoms with Gasteiger partial charge in [-0.05, 0) is 12.6 Å². The molecule has 2 aliphatic heterocycles. The Hall–Kier alpha value is -1.10. The van der Waals surface area contributed by atoms with Crippen molar-refractivity contribution in [3.8, 4) is 5.75 Å². The molecule has 1 fully saturated rings. The molecule has 0 amide bonds. The van der Waals surface area contributed by atoms with Crippen molar-refractivity contribution in [2.75, 3.05) is 33.4 Å². The number of rotatable bonds is 2. The molecule has 3 rings (SSSR count). The third-order valence-electron chi connectivity index (χ3n) is 3.71. The minimum atomic E-state index is -0.610. The molecule has 2 heterocycles. The number of ether oxygens (including phenoxy) is 2. The van der Waals surface area contributed by atoms with Crippen molar-refractivity contribution in [3.05, 3.63) is 29.3 Å². The lowest BCUT2D eigenvalue weighted by atomic mass is 9.99. The number of para-hydroxylation sites is 1. The van der Waals surface area contributed by atoms with E-state index in [0.29, 0.717) is 13.2 Å². The maximum absolute atomic E-state index is 10.5. The van der Waals surface area contributed by atoms with Crippen LogP contribution in [0.2, 0.25) is 0 Å². The summed E-state index contributed by atoms with van der Waals surface area (Å²) in [4.78, 5) is 2.18. The van der Waals surface area contributed by atoms with Gasteiger partial charge in [0.05, 0.1) is 13.2 Å². The fraction of sp³-hybridized carbons (Fsp3) is 0.571. The normalized spacial score (nSPS) is 25.6. The quantitative estimate of drug-likeness (QED) is 0.848. The standard InChI is InChI=1S/C14H19NO3/c1-15-6-8-17-12(9-15)13(16)11-4-2-3-10-5-7-18-14(10)11/h2-4,12-13,16H,5-9H2,1H3. The largest absolute Gasteiger partial charge is 0.493 e. The second kappa shape index (κ2) is 4.88. The summed E-state index contributed by atoms with van der Waals surface area (Å²) in [5.41, 5.74) is 2.06. The van der Waals surface area contributed by atoms with E-state index in [0.717, 1.165) is 30.8 Å². The number of hydrogen-bond acceptors (Lipinski definition) is 4. The van der Waals surface area contributed by atoms with Gasteiger partial charge in [-0.1, -0.05) is 18.2 Å². The molecule has 0 aliphatic carbocycles. The van der Waals surface area contributed by atoms with Crippen LogP contribution >= 0.6 is 0 Å². The summed E-state index contributed by atoms with van der Waals surface area (Å²) in [6.07, 6.45) is 0.154. The highest BCUT2D eigenvalue weighted by Gasteiger charge is 2.30. The van der Waals surface area contributed by atoms with Gasteiger partial charge in [-0.15, -0.1) is 0 Å². The van der Waals surface area contributed by atoms with Crippen LogP contribution in [0.1, 0.15) is 17.2 Å². The molecule has 0 radical (unpaired) electrons. The van der Waals surface area contributed by atoms with E-state index in [2.05, 4.69) is 11.0 Å². The molecule has 0 aromatic heterocycles. The van der Waals surface area contributed by atoms with Gasteiger partial charge in [0, 0.05) is 25.1 Å². The predicted octanol–water partition coefficient (Wildman–Crippen LogP) is 0.986. The van der Waals surface area contributed by atoms with Crippen molar-refractivity contribution < 1.29 is 14.6 Å². The fourth-order valence-corrected chi connectivity index (χ4v) is 2.68. The molecule has 4 heteroatoms. The van der Waals surface area contributed by atoms with Crippen molar-refractivity contribution in [3.63, 3.8) is 0 Å². The Kier molecular flexibility index (Phi) is 3.24. The molecule has 2 atom stereocenters. The van der Waals surface area contributed by atoms with Gasteiger partial charge in [0.1, 0.15) is 18.0 Å². The van der Waals surface area contributed by atoms with Gasteiger partial charge in [0.2, 0.25) is 0 Å². The molecule has 98 valence electrons. The molecule has 1 aromatic carbocycles. The Morgan fingerprint density at radius 2 is 2.28 bits per heavy atom. The molecular formula is C14H19NO3. The number of likely N-dealkylation sites (N-methyl/N-ethyl adjacent to an activating group) is 1. The van der Waals surface area contributed by atoms with Crippen LogP contribution in [-0.2, 0) is 11.2 Å². The van der Waals surface area contributed by atoms with Crippen LogP contribution in [0.15, 0.2) is 18.2 Å². The molecule has 4 nitrogen and oxygen atoms in total. The summed E-state index contributed by atoms with van der Waals surface area (Å²) in [6.45, 7) is 3.07. The number of morpholine rings is 1. The summed E-state index contributed by atoms with van der Waals surface area (Å²) in [6, 6.07) is 5.98. The van der Waals surface area contributed by atoms with Crippen molar-refractivity contribution >= 4 is 0 Å². The van der Waals surface area contributed by atoms with Crippen molar-refractivity contribution in [2.24, 2.45) is 0 Å². The predicted molar refractivity (Wildman–Crippen MR) is 67.8 cm³/mol. The van der Waals surface area contributed by atoms with E-state index in [1.165, 1.54) is 5.56 Å². The van der Waals surface area contributed by atoms with E-state index in [9.17, 15) is 5.11 Å². The topological polar surface area (TPSA) is 41.9 Å². The summed E-state index contributed by atoms with van der Waals surface area (Å²) in [5.74, 6) is 0.863.